The van der Waals surface area contributed by atoms with Crippen molar-refractivity contribution in [2.24, 2.45) is 5.73 Å². The number of hydrogen-bond donors (Lipinski definition) is 1. The van der Waals surface area contributed by atoms with E-state index in [0.717, 1.165) is 18.8 Å². The van der Waals surface area contributed by atoms with Gasteiger partial charge in [-0.15, -0.1) is 0 Å². The normalized spacial score (nSPS) is 26.0. The van der Waals surface area contributed by atoms with Gasteiger partial charge in [-0.25, -0.2) is 0 Å². The molecule has 18 heavy (non-hydrogen) atoms. The van der Waals surface area contributed by atoms with Gasteiger partial charge < -0.3 is 5.73 Å². The Hall–Kier alpha value is 0.0600. The van der Waals surface area contributed by atoms with Gasteiger partial charge in [-0.3, -0.25) is 4.90 Å². The molecule has 1 aliphatic heterocycles. The zero-order valence-corrected chi connectivity index (χ0v) is 11.9. The molecule has 0 spiro atoms. The fraction of sp³-hybridized carbons (Fsp3) is 1.00. The second-order valence-corrected chi connectivity index (χ2v) is 6.84. The summed E-state index contributed by atoms with van der Waals surface area (Å²) in [6.45, 7) is 6.41. The van der Waals surface area contributed by atoms with Gasteiger partial charge in [0.2, 0.25) is 0 Å². The number of hydrogen-bond acceptors (Lipinski definition) is 3. The average molecular weight is 284 g/mol. The van der Waals surface area contributed by atoms with Gasteiger partial charge >= 0.3 is 6.18 Å². The average Bonchev–Trinajstić information content (AvgIpc) is 2.27. The summed E-state index contributed by atoms with van der Waals surface area (Å²) in [5, 5.41) is 0.534. The number of nitrogens with two attached hydrogens (primary N) is 1. The maximum absolute atomic E-state index is 12.2. The van der Waals surface area contributed by atoms with E-state index >= 15 is 0 Å². The second kappa shape index (κ2) is 6.48. The largest absolute Gasteiger partial charge is 0.389 e. The summed E-state index contributed by atoms with van der Waals surface area (Å²) < 4.78 is 36.6. The molecule has 108 valence electrons. The molecule has 0 aromatic rings. The summed E-state index contributed by atoms with van der Waals surface area (Å²) in [4.78, 5) is 2.27. The van der Waals surface area contributed by atoms with Crippen molar-refractivity contribution < 1.29 is 13.2 Å². The van der Waals surface area contributed by atoms with E-state index in [2.05, 4.69) is 11.8 Å². The van der Waals surface area contributed by atoms with Crippen molar-refractivity contribution in [1.29, 1.82) is 0 Å². The molecule has 1 fully saturated rings. The van der Waals surface area contributed by atoms with Crippen LogP contribution in [0.2, 0.25) is 0 Å². The molecule has 1 aliphatic rings. The lowest BCUT2D eigenvalue weighted by Crippen LogP contribution is -2.55. The summed E-state index contributed by atoms with van der Waals surface area (Å²) in [6, 6.07) is 0. The third-order valence-corrected chi connectivity index (χ3v) is 4.76. The fourth-order valence-corrected chi connectivity index (χ4v) is 3.38. The summed E-state index contributed by atoms with van der Waals surface area (Å²) in [5.41, 5.74) is 5.51. The zero-order valence-electron chi connectivity index (χ0n) is 11.1. The van der Waals surface area contributed by atoms with Crippen LogP contribution < -0.4 is 5.73 Å². The third-order valence-electron chi connectivity index (χ3n) is 3.62. The summed E-state index contributed by atoms with van der Waals surface area (Å²) >= 11 is 1.91. The Morgan fingerprint density at radius 2 is 2.00 bits per heavy atom. The van der Waals surface area contributed by atoms with Crippen molar-refractivity contribution in [1.82, 2.24) is 4.90 Å². The van der Waals surface area contributed by atoms with Gasteiger partial charge in [0.15, 0.2) is 0 Å². The Labute approximate surface area is 111 Å². The third kappa shape index (κ3) is 4.97. The van der Waals surface area contributed by atoms with Gasteiger partial charge in [0.1, 0.15) is 0 Å². The van der Waals surface area contributed by atoms with Crippen LogP contribution in [0.4, 0.5) is 13.2 Å². The predicted molar refractivity (Wildman–Crippen MR) is 70.9 cm³/mol. The highest BCUT2D eigenvalue weighted by Gasteiger charge is 2.35. The first-order valence-electron chi connectivity index (χ1n) is 6.40. The van der Waals surface area contributed by atoms with Crippen LogP contribution in [0.15, 0.2) is 0 Å². The minimum atomic E-state index is -4.06. The van der Waals surface area contributed by atoms with Crippen molar-refractivity contribution >= 4 is 11.8 Å². The molecule has 0 aliphatic carbocycles. The van der Waals surface area contributed by atoms with Crippen LogP contribution in [-0.4, -0.2) is 47.3 Å². The SMILES string of the molecule is CC1CN(C(C)(CN)CCCC(F)(F)F)CCS1. The first kappa shape index (κ1) is 16.1. The summed E-state index contributed by atoms with van der Waals surface area (Å²) in [6.07, 6.45) is -4.09. The van der Waals surface area contributed by atoms with E-state index in [9.17, 15) is 13.2 Å². The van der Waals surface area contributed by atoms with E-state index in [1.165, 1.54) is 0 Å². The maximum Gasteiger partial charge on any atom is 0.389 e. The topological polar surface area (TPSA) is 29.3 Å². The van der Waals surface area contributed by atoms with Gasteiger partial charge in [-0.2, -0.15) is 24.9 Å². The molecular weight excluding hydrogens is 261 g/mol. The minimum absolute atomic E-state index is 0.162. The molecule has 0 saturated carbocycles. The highest BCUT2D eigenvalue weighted by atomic mass is 32.2. The van der Waals surface area contributed by atoms with Crippen molar-refractivity contribution in [2.45, 2.75) is 50.1 Å². The number of rotatable bonds is 5. The van der Waals surface area contributed by atoms with E-state index < -0.39 is 12.6 Å². The molecule has 1 rings (SSSR count). The predicted octanol–water partition coefficient (Wildman–Crippen LogP) is 2.87. The summed E-state index contributed by atoms with van der Waals surface area (Å²) in [5.74, 6) is 1.04. The first-order chi connectivity index (χ1) is 8.27. The van der Waals surface area contributed by atoms with Crippen LogP contribution in [0, 0.1) is 0 Å². The van der Waals surface area contributed by atoms with Crippen LogP contribution in [0.3, 0.4) is 0 Å². The van der Waals surface area contributed by atoms with E-state index in [1.807, 2.05) is 18.7 Å². The van der Waals surface area contributed by atoms with Crippen LogP contribution in [0.25, 0.3) is 0 Å². The van der Waals surface area contributed by atoms with E-state index in [4.69, 9.17) is 5.73 Å². The minimum Gasteiger partial charge on any atom is -0.329 e. The molecule has 6 heteroatoms. The molecular formula is C12H23F3N2S. The molecule has 0 aromatic heterocycles. The molecule has 2 unspecified atom stereocenters. The lowest BCUT2D eigenvalue weighted by molar-refractivity contribution is -0.136. The maximum atomic E-state index is 12.2. The Kier molecular flexibility index (Phi) is 5.80. The Morgan fingerprint density at radius 3 is 2.50 bits per heavy atom. The number of alkyl halides is 3. The molecule has 1 heterocycles. The van der Waals surface area contributed by atoms with Gasteiger partial charge in [0.25, 0.3) is 0 Å². The molecule has 0 bridgehead atoms. The fourth-order valence-electron chi connectivity index (χ4n) is 2.37. The number of halogens is 3. The van der Waals surface area contributed by atoms with Crippen molar-refractivity contribution in [3.05, 3.63) is 0 Å². The first-order valence-corrected chi connectivity index (χ1v) is 7.45. The second-order valence-electron chi connectivity index (χ2n) is 5.30. The molecule has 0 amide bonds. The Morgan fingerprint density at radius 1 is 1.33 bits per heavy atom. The molecule has 2 atom stereocenters. The standard InChI is InChI=1S/C12H23F3N2S/c1-10-8-17(6-7-18-10)11(2,9-16)4-3-5-12(13,14)15/h10H,3-9,16H2,1-2H3. The number of nitrogens with zero attached hydrogens (tertiary/aromatic N) is 1. The van der Waals surface area contributed by atoms with Gasteiger partial charge in [0.05, 0.1) is 0 Å². The zero-order chi connectivity index (χ0) is 13.8. The number of thioether (sulfide) groups is 1. The van der Waals surface area contributed by atoms with E-state index in [0.29, 0.717) is 18.2 Å². The lowest BCUT2D eigenvalue weighted by Gasteiger charge is -2.44. The molecule has 0 radical (unpaired) electrons. The summed E-state index contributed by atoms with van der Waals surface area (Å²) in [7, 11) is 0. The molecule has 2 nitrogen and oxygen atoms in total. The van der Waals surface area contributed by atoms with Crippen LogP contribution >= 0.6 is 11.8 Å². The Bertz CT molecular complexity index is 260. The highest BCUT2D eigenvalue weighted by molar-refractivity contribution is 7.99. The van der Waals surface area contributed by atoms with Crippen molar-refractivity contribution in [2.75, 3.05) is 25.4 Å². The smallest absolute Gasteiger partial charge is 0.329 e. The quantitative estimate of drug-likeness (QED) is 0.842. The van der Waals surface area contributed by atoms with E-state index in [1.54, 1.807) is 0 Å². The van der Waals surface area contributed by atoms with Gasteiger partial charge in [-0.1, -0.05) is 6.92 Å². The molecule has 1 saturated heterocycles. The van der Waals surface area contributed by atoms with Crippen molar-refractivity contribution in [3.63, 3.8) is 0 Å². The van der Waals surface area contributed by atoms with Crippen molar-refractivity contribution in [3.8, 4) is 0 Å². The molecule has 2 N–H and O–H groups in total. The van der Waals surface area contributed by atoms with Gasteiger partial charge in [-0.05, 0) is 19.8 Å². The van der Waals surface area contributed by atoms with Gasteiger partial charge in [0, 0.05) is 42.6 Å². The van der Waals surface area contributed by atoms with Crippen LogP contribution in [-0.2, 0) is 0 Å². The molecule has 0 aromatic carbocycles. The van der Waals surface area contributed by atoms with Crippen LogP contribution in [0.5, 0.6) is 0 Å². The monoisotopic (exact) mass is 284 g/mol. The van der Waals surface area contributed by atoms with E-state index in [-0.39, 0.29) is 12.0 Å². The lowest BCUT2D eigenvalue weighted by atomic mass is 9.92. The van der Waals surface area contributed by atoms with Crippen LogP contribution in [0.1, 0.15) is 33.1 Å². The Balaban J connectivity index is 2.50. The highest BCUT2D eigenvalue weighted by Crippen LogP contribution is 2.30.